The third-order valence-electron chi connectivity index (χ3n) is 3.67. The van der Waals surface area contributed by atoms with Crippen molar-refractivity contribution in [1.29, 1.82) is 0 Å². The fourth-order valence-electron chi connectivity index (χ4n) is 2.48. The Bertz CT molecular complexity index is 389. The number of nitrogen functional groups attached to an aromatic ring is 1. The lowest BCUT2D eigenvalue weighted by Gasteiger charge is -2.27. The monoisotopic (exact) mass is 298 g/mol. The number of benzene rings is 1. The molecule has 0 saturated heterocycles. The minimum atomic E-state index is 0.0504. The summed E-state index contributed by atoms with van der Waals surface area (Å²) in [7, 11) is 0. The molecular formula is C13H19BrN2O. The van der Waals surface area contributed by atoms with Crippen LogP contribution in [-0.2, 0) is 0 Å². The largest absolute Gasteiger partial charge is 0.397 e. The SMILES string of the molecule is Nc1ccc(Br)cc1NCC1(CO)CCCC1. The number of nitrogens with two attached hydrogens (primary N) is 1. The summed E-state index contributed by atoms with van der Waals surface area (Å²) >= 11 is 3.44. The van der Waals surface area contributed by atoms with E-state index >= 15 is 0 Å². The van der Waals surface area contributed by atoms with Crippen molar-refractivity contribution in [2.24, 2.45) is 5.41 Å². The highest BCUT2D eigenvalue weighted by atomic mass is 79.9. The fraction of sp³-hybridized carbons (Fsp3) is 0.538. The molecule has 0 spiro atoms. The zero-order valence-corrected chi connectivity index (χ0v) is 11.5. The third-order valence-corrected chi connectivity index (χ3v) is 4.16. The Labute approximate surface area is 111 Å². The average molecular weight is 299 g/mol. The maximum atomic E-state index is 9.54. The number of hydrogen-bond donors (Lipinski definition) is 3. The first-order valence-electron chi connectivity index (χ1n) is 6.05. The zero-order valence-electron chi connectivity index (χ0n) is 9.88. The molecule has 0 heterocycles. The molecule has 1 aromatic rings. The lowest BCUT2D eigenvalue weighted by Crippen LogP contribution is -2.30. The van der Waals surface area contributed by atoms with Crippen LogP contribution < -0.4 is 11.1 Å². The van der Waals surface area contributed by atoms with E-state index in [2.05, 4.69) is 21.2 Å². The summed E-state index contributed by atoms with van der Waals surface area (Å²) in [6.45, 7) is 1.05. The minimum Gasteiger partial charge on any atom is -0.397 e. The summed E-state index contributed by atoms with van der Waals surface area (Å²) < 4.78 is 1.01. The van der Waals surface area contributed by atoms with Crippen molar-refractivity contribution in [3.63, 3.8) is 0 Å². The lowest BCUT2D eigenvalue weighted by atomic mass is 9.87. The van der Waals surface area contributed by atoms with E-state index in [-0.39, 0.29) is 12.0 Å². The van der Waals surface area contributed by atoms with Crippen molar-refractivity contribution >= 4 is 27.3 Å². The first kappa shape index (κ1) is 12.7. The van der Waals surface area contributed by atoms with Crippen molar-refractivity contribution in [3.8, 4) is 0 Å². The van der Waals surface area contributed by atoms with Crippen molar-refractivity contribution in [2.75, 3.05) is 24.2 Å². The normalized spacial score (nSPS) is 18.2. The molecule has 0 radical (unpaired) electrons. The zero-order chi connectivity index (χ0) is 12.3. The number of aliphatic hydroxyl groups is 1. The van der Waals surface area contributed by atoms with E-state index in [4.69, 9.17) is 5.73 Å². The number of rotatable bonds is 4. The van der Waals surface area contributed by atoms with E-state index in [1.165, 1.54) is 12.8 Å². The highest BCUT2D eigenvalue weighted by Gasteiger charge is 2.32. The molecule has 0 amide bonds. The topological polar surface area (TPSA) is 58.3 Å². The smallest absolute Gasteiger partial charge is 0.0585 e. The van der Waals surface area contributed by atoms with Gasteiger partial charge in [-0.1, -0.05) is 28.8 Å². The van der Waals surface area contributed by atoms with E-state index < -0.39 is 0 Å². The Morgan fingerprint density at radius 3 is 2.71 bits per heavy atom. The number of nitrogens with one attached hydrogen (secondary N) is 1. The molecule has 1 aromatic carbocycles. The van der Waals surface area contributed by atoms with Crippen LogP contribution in [0.4, 0.5) is 11.4 Å². The van der Waals surface area contributed by atoms with Crippen molar-refractivity contribution in [3.05, 3.63) is 22.7 Å². The number of halogens is 1. The molecule has 0 aliphatic heterocycles. The predicted octanol–water partition coefficient (Wildman–Crippen LogP) is 3.00. The van der Waals surface area contributed by atoms with Gasteiger partial charge in [0.05, 0.1) is 18.0 Å². The summed E-state index contributed by atoms with van der Waals surface area (Å²) in [5.74, 6) is 0. The predicted molar refractivity (Wildman–Crippen MR) is 75.0 cm³/mol. The summed E-state index contributed by atoms with van der Waals surface area (Å²) in [5.41, 5.74) is 7.66. The highest BCUT2D eigenvalue weighted by Crippen LogP contribution is 2.38. The molecule has 3 nitrogen and oxygen atoms in total. The molecule has 0 aromatic heterocycles. The van der Waals surface area contributed by atoms with E-state index in [0.717, 1.165) is 35.2 Å². The Balaban J connectivity index is 2.03. The third kappa shape index (κ3) is 2.93. The summed E-state index contributed by atoms with van der Waals surface area (Å²) in [6, 6.07) is 5.79. The van der Waals surface area contributed by atoms with Gasteiger partial charge in [-0.15, -0.1) is 0 Å². The summed E-state index contributed by atoms with van der Waals surface area (Å²) in [6.07, 6.45) is 4.64. The van der Waals surface area contributed by atoms with Crippen LogP contribution in [0, 0.1) is 5.41 Å². The van der Waals surface area contributed by atoms with Crippen LogP contribution in [-0.4, -0.2) is 18.3 Å². The Hall–Kier alpha value is -0.740. The summed E-state index contributed by atoms with van der Waals surface area (Å²) in [5, 5.41) is 12.9. The molecule has 2 rings (SSSR count). The highest BCUT2D eigenvalue weighted by molar-refractivity contribution is 9.10. The van der Waals surface area contributed by atoms with E-state index in [1.54, 1.807) is 0 Å². The quantitative estimate of drug-likeness (QED) is 0.749. The van der Waals surface area contributed by atoms with Crippen molar-refractivity contribution in [2.45, 2.75) is 25.7 Å². The minimum absolute atomic E-state index is 0.0504. The van der Waals surface area contributed by atoms with Gasteiger partial charge in [-0.05, 0) is 31.0 Å². The van der Waals surface area contributed by atoms with Crippen LogP contribution in [0.5, 0.6) is 0 Å². The molecule has 1 aliphatic carbocycles. The molecule has 0 bridgehead atoms. The fourth-order valence-corrected chi connectivity index (χ4v) is 2.84. The van der Waals surface area contributed by atoms with Crippen molar-refractivity contribution < 1.29 is 5.11 Å². The second-order valence-electron chi connectivity index (χ2n) is 4.95. The first-order chi connectivity index (χ1) is 8.15. The first-order valence-corrected chi connectivity index (χ1v) is 6.84. The Morgan fingerprint density at radius 1 is 1.35 bits per heavy atom. The van der Waals surface area contributed by atoms with Gasteiger partial charge in [0, 0.05) is 16.4 Å². The van der Waals surface area contributed by atoms with Gasteiger partial charge in [-0.3, -0.25) is 0 Å². The second kappa shape index (κ2) is 5.27. The van der Waals surface area contributed by atoms with Crippen LogP contribution in [0.2, 0.25) is 0 Å². The van der Waals surface area contributed by atoms with Crippen LogP contribution >= 0.6 is 15.9 Å². The Kier molecular flexibility index (Phi) is 3.94. The molecule has 1 saturated carbocycles. The maximum absolute atomic E-state index is 9.54. The van der Waals surface area contributed by atoms with E-state index in [1.807, 2.05) is 18.2 Å². The standard InChI is InChI=1S/C13H19BrN2O/c14-10-3-4-11(15)12(7-10)16-8-13(9-17)5-1-2-6-13/h3-4,7,16-17H,1-2,5-6,8-9,15H2. The van der Waals surface area contributed by atoms with Gasteiger partial charge < -0.3 is 16.2 Å². The van der Waals surface area contributed by atoms with Gasteiger partial charge in [-0.2, -0.15) is 0 Å². The lowest BCUT2D eigenvalue weighted by molar-refractivity contribution is 0.142. The van der Waals surface area contributed by atoms with E-state index in [0.29, 0.717) is 0 Å². The average Bonchev–Trinajstić information content (AvgIpc) is 2.80. The van der Waals surface area contributed by atoms with Crippen LogP contribution in [0.3, 0.4) is 0 Å². The second-order valence-corrected chi connectivity index (χ2v) is 5.87. The number of hydrogen-bond acceptors (Lipinski definition) is 3. The van der Waals surface area contributed by atoms with Crippen molar-refractivity contribution in [1.82, 2.24) is 0 Å². The molecule has 1 fully saturated rings. The molecular weight excluding hydrogens is 280 g/mol. The maximum Gasteiger partial charge on any atom is 0.0585 e. The molecule has 0 unspecified atom stereocenters. The van der Waals surface area contributed by atoms with Gasteiger partial charge in [0.1, 0.15) is 0 Å². The molecule has 4 N–H and O–H groups in total. The van der Waals surface area contributed by atoms with E-state index in [9.17, 15) is 5.11 Å². The van der Waals surface area contributed by atoms with Crippen LogP contribution in [0.1, 0.15) is 25.7 Å². The van der Waals surface area contributed by atoms with Crippen LogP contribution in [0.15, 0.2) is 22.7 Å². The van der Waals surface area contributed by atoms with Gasteiger partial charge in [0.25, 0.3) is 0 Å². The van der Waals surface area contributed by atoms with Gasteiger partial charge in [0.15, 0.2) is 0 Å². The van der Waals surface area contributed by atoms with Gasteiger partial charge in [-0.25, -0.2) is 0 Å². The van der Waals surface area contributed by atoms with Gasteiger partial charge in [0.2, 0.25) is 0 Å². The molecule has 94 valence electrons. The number of anilines is 2. The van der Waals surface area contributed by atoms with Crippen LogP contribution in [0.25, 0.3) is 0 Å². The molecule has 1 aliphatic rings. The Morgan fingerprint density at radius 2 is 2.06 bits per heavy atom. The molecule has 17 heavy (non-hydrogen) atoms. The summed E-state index contributed by atoms with van der Waals surface area (Å²) in [4.78, 5) is 0. The molecule has 0 atom stereocenters. The van der Waals surface area contributed by atoms with Gasteiger partial charge >= 0.3 is 0 Å². The molecule has 4 heteroatoms. The number of aliphatic hydroxyl groups excluding tert-OH is 1.